The van der Waals surface area contributed by atoms with E-state index in [-0.39, 0.29) is 0 Å². The standard InChI is InChI=1S/C26H33NO/c1-18-5-3-4-6-23(18)21-9-10-26(28-2)24(17-21)20-11-13-27(14-12-20)25-16-19-7-8-22(25)15-19/h3-6,9-10,17,19-20,22,25H,7-8,11-16H2,1-2H3/t19-,22?,25+/m0/s1. The lowest BCUT2D eigenvalue weighted by molar-refractivity contribution is 0.110. The summed E-state index contributed by atoms with van der Waals surface area (Å²) in [7, 11) is 1.82. The van der Waals surface area contributed by atoms with Gasteiger partial charge in [0.25, 0.3) is 0 Å². The lowest BCUT2D eigenvalue weighted by Crippen LogP contribution is -2.43. The molecule has 5 rings (SSSR count). The molecule has 1 unspecified atom stereocenters. The van der Waals surface area contributed by atoms with Gasteiger partial charge in [0.2, 0.25) is 0 Å². The smallest absolute Gasteiger partial charge is 0.122 e. The lowest BCUT2D eigenvalue weighted by atomic mass is 9.85. The molecule has 3 aliphatic rings. The third-order valence-corrected chi connectivity index (χ3v) is 7.82. The van der Waals surface area contributed by atoms with Gasteiger partial charge in [0.1, 0.15) is 5.75 Å². The molecule has 0 N–H and O–H groups in total. The molecule has 1 saturated heterocycles. The van der Waals surface area contributed by atoms with Crippen LogP contribution >= 0.6 is 0 Å². The van der Waals surface area contributed by atoms with Crippen LogP contribution in [0.4, 0.5) is 0 Å². The van der Waals surface area contributed by atoms with Crippen LogP contribution in [0.1, 0.15) is 55.6 Å². The molecule has 1 aliphatic heterocycles. The van der Waals surface area contributed by atoms with E-state index in [1.54, 1.807) is 0 Å². The molecule has 1 heterocycles. The summed E-state index contributed by atoms with van der Waals surface area (Å²) in [6.07, 6.45) is 8.50. The van der Waals surface area contributed by atoms with Gasteiger partial charge in [-0.2, -0.15) is 0 Å². The number of hydrogen-bond donors (Lipinski definition) is 0. The second-order valence-electron chi connectivity index (χ2n) is 9.32. The van der Waals surface area contributed by atoms with Crippen LogP contribution in [0.25, 0.3) is 11.1 Å². The second kappa shape index (κ2) is 7.55. The number of ether oxygens (including phenoxy) is 1. The lowest BCUT2D eigenvalue weighted by Gasteiger charge is -2.40. The summed E-state index contributed by atoms with van der Waals surface area (Å²) in [5.41, 5.74) is 5.41. The Hall–Kier alpha value is -1.80. The van der Waals surface area contributed by atoms with E-state index < -0.39 is 0 Å². The molecular formula is C26H33NO. The zero-order chi connectivity index (χ0) is 19.1. The molecule has 0 radical (unpaired) electrons. The van der Waals surface area contributed by atoms with Gasteiger partial charge in [0, 0.05) is 6.04 Å². The topological polar surface area (TPSA) is 12.5 Å². The van der Waals surface area contributed by atoms with Crippen LogP contribution in [0.3, 0.4) is 0 Å². The number of methoxy groups -OCH3 is 1. The van der Waals surface area contributed by atoms with Gasteiger partial charge in [-0.15, -0.1) is 0 Å². The molecule has 2 heteroatoms. The van der Waals surface area contributed by atoms with Gasteiger partial charge in [0.15, 0.2) is 0 Å². The normalized spacial score (nSPS) is 28.0. The van der Waals surface area contributed by atoms with Crippen molar-refractivity contribution in [3.05, 3.63) is 53.6 Å². The summed E-state index contributed by atoms with van der Waals surface area (Å²) in [5, 5.41) is 0. The molecule has 2 aromatic carbocycles. The predicted molar refractivity (Wildman–Crippen MR) is 116 cm³/mol. The van der Waals surface area contributed by atoms with E-state index in [0.29, 0.717) is 5.92 Å². The summed E-state index contributed by atoms with van der Waals surface area (Å²) in [6.45, 7) is 4.72. The van der Waals surface area contributed by atoms with Crippen molar-refractivity contribution in [2.24, 2.45) is 11.8 Å². The van der Waals surface area contributed by atoms with E-state index in [4.69, 9.17) is 4.74 Å². The average molecular weight is 376 g/mol. The van der Waals surface area contributed by atoms with E-state index in [9.17, 15) is 0 Å². The van der Waals surface area contributed by atoms with Gasteiger partial charge in [-0.25, -0.2) is 0 Å². The van der Waals surface area contributed by atoms with Gasteiger partial charge in [-0.05, 0) is 104 Å². The van der Waals surface area contributed by atoms with Gasteiger partial charge < -0.3 is 9.64 Å². The summed E-state index contributed by atoms with van der Waals surface area (Å²) in [5.74, 6) is 3.73. The molecule has 2 saturated carbocycles. The number of nitrogens with zero attached hydrogens (tertiary/aromatic N) is 1. The number of likely N-dealkylation sites (tertiary alicyclic amines) is 1. The molecule has 3 atom stereocenters. The molecule has 28 heavy (non-hydrogen) atoms. The summed E-state index contributed by atoms with van der Waals surface area (Å²) < 4.78 is 5.77. The SMILES string of the molecule is COc1ccc(-c2ccccc2C)cc1C1CCN([C@@H]2C[C@H]3CCC2C3)CC1. The molecule has 2 nitrogen and oxygen atoms in total. The van der Waals surface area contributed by atoms with Crippen LogP contribution in [0.15, 0.2) is 42.5 Å². The van der Waals surface area contributed by atoms with Crippen molar-refractivity contribution in [1.82, 2.24) is 4.90 Å². The monoisotopic (exact) mass is 375 g/mol. The Labute approximate surface area is 169 Å². The Morgan fingerprint density at radius 3 is 2.43 bits per heavy atom. The molecule has 0 amide bonds. The maximum atomic E-state index is 5.77. The Kier molecular flexibility index (Phi) is 4.92. The molecule has 2 bridgehead atoms. The zero-order valence-corrected chi connectivity index (χ0v) is 17.4. The van der Waals surface area contributed by atoms with E-state index in [1.165, 1.54) is 73.9 Å². The van der Waals surface area contributed by atoms with Gasteiger partial charge in [-0.1, -0.05) is 36.8 Å². The van der Waals surface area contributed by atoms with Gasteiger partial charge in [0.05, 0.1) is 7.11 Å². The molecule has 3 fully saturated rings. The number of rotatable bonds is 4. The number of benzene rings is 2. The van der Waals surface area contributed by atoms with Crippen LogP contribution in [0.5, 0.6) is 5.75 Å². The number of hydrogen-bond acceptors (Lipinski definition) is 2. The van der Waals surface area contributed by atoms with Crippen LogP contribution in [0.2, 0.25) is 0 Å². The summed E-state index contributed by atoms with van der Waals surface area (Å²) >= 11 is 0. The Morgan fingerprint density at radius 1 is 0.929 bits per heavy atom. The molecule has 0 spiro atoms. The van der Waals surface area contributed by atoms with Crippen molar-refractivity contribution in [2.75, 3.05) is 20.2 Å². The highest BCUT2D eigenvalue weighted by Crippen LogP contribution is 2.48. The van der Waals surface area contributed by atoms with Crippen molar-refractivity contribution in [3.8, 4) is 16.9 Å². The third-order valence-electron chi connectivity index (χ3n) is 7.82. The minimum Gasteiger partial charge on any atom is -0.496 e. The van der Waals surface area contributed by atoms with Crippen LogP contribution < -0.4 is 4.74 Å². The molecule has 2 aliphatic carbocycles. The van der Waals surface area contributed by atoms with E-state index in [1.807, 2.05) is 7.11 Å². The number of fused-ring (bicyclic) bond motifs is 2. The van der Waals surface area contributed by atoms with E-state index in [0.717, 1.165) is 23.6 Å². The first-order chi connectivity index (χ1) is 13.7. The predicted octanol–water partition coefficient (Wildman–Crippen LogP) is 6.04. The van der Waals surface area contributed by atoms with E-state index in [2.05, 4.69) is 54.3 Å². The Balaban J connectivity index is 1.34. The van der Waals surface area contributed by atoms with Crippen molar-refractivity contribution in [2.45, 2.75) is 57.4 Å². The van der Waals surface area contributed by atoms with Crippen molar-refractivity contribution >= 4 is 0 Å². The number of aryl methyl sites for hydroxylation is 1. The fourth-order valence-corrected chi connectivity index (χ4v) is 6.32. The Morgan fingerprint density at radius 2 is 1.75 bits per heavy atom. The van der Waals surface area contributed by atoms with Crippen molar-refractivity contribution < 1.29 is 4.74 Å². The second-order valence-corrected chi connectivity index (χ2v) is 9.32. The first-order valence-electron chi connectivity index (χ1n) is 11.2. The van der Waals surface area contributed by atoms with Gasteiger partial charge in [-0.3, -0.25) is 0 Å². The quantitative estimate of drug-likeness (QED) is 0.646. The molecule has 148 valence electrons. The zero-order valence-electron chi connectivity index (χ0n) is 17.4. The third kappa shape index (κ3) is 3.26. The highest BCUT2D eigenvalue weighted by Gasteiger charge is 2.43. The molecule has 2 aromatic rings. The first-order valence-corrected chi connectivity index (χ1v) is 11.2. The summed E-state index contributed by atoms with van der Waals surface area (Å²) in [6, 6.07) is 16.4. The Bertz CT molecular complexity index is 836. The minimum absolute atomic E-state index is 0.619. The molecular weight excluding hydrogens is 342 g/mol. The average Bonchev–Trinajstić information content (AvgIpc) is 3.38. The van der Waals surface area contributed by atoms with Crippen LogP contribution in [-0.4, -0.2) is 31.1 Å². The van der Waals surface area contributed by atoms with Crippen molar-refractivity contribution in [1.29, 1.82) is 0 Å². The van der Waals surface area contributed by atoms with E-state index >= 15 is 0 Å². The van der Waals surface area contributed by atoms with Gasteiger partial charge >= 0.3 is 0 Å². The largest absolute Gasteiger partial charge is 0.496 e. The highest BCUT2D eigenvalue weighted by molar-refractivity contribution is 5.69. The first kappa shape index (κ1) is 18.2. The fraction of sp³-hybridized carbons (Fsp3) is 0.538. The van der Waals surface area contributed by atoms with Crippen LogP contribution in [-0.2, 0) is 0 Å². The van der Waals surface area contributed by atoms with Crippen LogP contribution in [0, 0.1) is 18.8 Å². The fourth-order valence-electron chi connectivity index (χ4n) is 6.32. The minimum atomic E-state index is 0.619. The summed E-state index contributed by atoms with van der Waals surface area (Å²) in [4.78, 5) is 2.83. The molecule has 0 aromatic heterocycles. The highest BCUT2D eigenvalue weighted by atomic mass is 16.5. The maximum absolute atomic E-state index is 5.77. The maximum Gasteiger partial charge on any atom is 0.122 e. The van der Waals surface area contributed by atoms with Crippen molar-refractivity contribution in [3.63, 3.8) is 0 Å². The number of piperidine rings is 1.